The molecule has 1 aliphatic rings. The van der Waals surface area contributed by atoms with Crippen molar-refractivity contribution >= 4 is 16.8 Å². The highest BCUT2D eigenvalue weighted by molar-refractivity contribution is 6.03. The second kappa shape index (κ2) is 4.70. The predicted molar refractivity (Wildman–Crippen MR) is 75.4 cm³/mol. The molecule has 0 N–H and O–H groups in total. The quantitative estimate of drug-likeness (QED) is 0.802. The summed E-state index contributed by atoms with van der Waals surface area (Å²) >= 11 is 0. The third kappa shape index (κ3) is 2.04. The van der Waals surface area contributed by atoms with Gasteiger partial charge in [0.05, 0.1) is 5.54 Å². The molecule has 0 aliphatic carbocycles. The Labute approximate surface area is 117 Å². The first kappa shape index (κ1) is 13.3. The van der Waals surface area contributed by atoms with Crippen LogP contribution < -0.4 is 0 Å². The van der Waals surface area contributed by atoms with Crippen molar-refractivity contribution in [1.82, 2.24) is 4.90 Å². The number of carbonyl (C=O) groups is 1. The summed E-state index contributed by atoms with van der Waals surface area (Å²) in [5.74, 6) is -0.280. The number of Topliss-reactive ketones (excluding diaryl/α,β-unsaturated/α-hetero) is 1. The van der Waals surface area contributed by atoms with E-state index in [-0.39, 0.29) is 17.1 Å². The lowest BCUT2D eigenvalue weighted by molar-refractivity contribution is 0.0675. The third-order valence-electron chi connectivity index (χ3n) is 4.17. The molecule has 0 amide bonds. The highest BCUT2D eigenvalue weighted by Gasteiger charge is 2.38. The van der Waals surface area contributed by atoms with E-state index >= 15 is 0 Å². The summed E-state index contributed by atoms with van der Waals surface area (Å²) < 4.78 is 19.1. The van der Waals surface area contributed by atoms with Crippen LogP contribution in [0, 0.1) is 5.82 Å². The van der Waals surface area contributed by atoms with Crippen molar-refractivity contribution in [3.8, 4) is 0 Å². The van der Waals surface area contributed by atoms with Gasteiger partial charge in [-0.05, 0) is 51.9 Å². The van der Waals surface area contributed by atoms with Crippen LogP contribution in [0.25, 0.3) is 11.0 Å². The van der Waals surface area contributed by atoms with Gasteiger partial charge in [-0.25, -0.2) is 4.39 Å². The standard InChI is InChI=1S/C16H18FNO2/c1-16(2,18-8-3-4-9-18)15(19)13-10-11-6-5-7-12(17)14(11)20-13/h5-7,10H,3-4,8-9H2,1-2H3. The zero-order valence-electron chi connectivity index (χ0n) is 11.8. The molecule has 1 aromatic carbocycles. The first-order valence-corrected chi connectivity index (χ1v) is 6.98. The van der Waals surface area contributed by atoms with E-state index in [2.05, 4.69) is 4.90 Å². The van der Waals surface area contributed by atoms with Gasteiger partial charge >= 0.3 is 0 Å². The molecule has 20 heavy (non-hydrogen) atoms. The molecule has 1 aromatic heterocycles. The molecule has 0 atom stereocenters. The van der Waals surface area contributed by atoms with E-state index in [9.17, 15) is 9.18 Å². The Balaban J connectivity index is 1.97. The van der Waals surface area contributed by atoms with Crippen molar-refractivity contribution < 1.29 is 13.6 Å². The molecule has 4 heteroatoms. The van der Waals surface area contributed by atoms with Crippen LogP contribution in [0.15, 0.2) is 28.7 Å². The molecule has 1 fully saturated rings. The monoisotopic (exact) mass is 275 g/mol. The fourth-order valence-corrected chi connectivity index (χ4v) is 2.86. The minimum absolute atomic E-state index is 0.0880. The summed E-state index contributed by atoms with van der Waals surface area (Å²) in [6.07, 6.45) is 2.23. The molecule has 106 valence electrons. The number of ketones is 1. The van der Waals surface area contributed by atoms with Gasteiger partial charge in [0.15, 0.2) is 17.2 Å². The van der Waals surface area contributed by atoms with Crippen molar-refractivity contribution in [1.29, 1.82) is 0 Å². The summed E-state index contributed by atoms with van der Waals surface area (Å²) in [5.41, 5.74) is -0.450. The molecule has 0 radical (unpaired) electrons. The van der Waals surface area contributed by atoms with Gasteiger partial charge in [-0.1, -0.05) is 12.1 Å². The van der Waals surface area contributed by atoms with Gasteiger partial charge in [0.25, 0.3) is 0 Å². The van der Waals surface area contributed by atoms with E-state index in [0.29, 0.717) is 5.39 Å². The Bertz CT molecular complexity index is 654. The lowest BCUT2D eigenvalue weighted by atomic mass is 9.95. The van der Waals surface area contributed by atoms with Crippen LogP contribution in [-0.2, 0) is 0 Å². The fraction of sp³-hybridized carbons (Fsp3) is 0.438. The molecule has 1 saturated heterocycles. The van der Waals surface area contributed by atoms with Gasteiger partial charge in [0.1, 0.15) is 0 Å². The molecule has 1 aliphatic heterocycles. The molecule has 0 spiro atoms. The van der Waals surface area contributed by atoms with Crippen molar-refractivity contribution in [3.05, 3.63) is 35.8 Å². The lowest BCUT2D eigenvalue weighted by Crippen LogP contribution is -2.48. The molecular formula is C16H18FNO2. The number of hydrogen-bond donors (Lipinski definition) is 0. The van der Waals surface area contributed by atoms with Gasteiger partial charge in [0, 0.05) is 5.39 Å². The molecule has 3 rings (SSSR count). The number of nitrogens with zero attached hydrogens (tertiary/aromatic N) is 1. The second-order valence-electron chi connectivity index (χ2n) is 5.85. The predicted octanol–water partition coefficient (Wildman–Crippen LogP) is 3.63. The number of furan rings is 1. The maximum absolute atomic E-state index is 13.6. The number of carbonyl (C=O) groups excluding carboxylic acids is 1. The number of rotatable bonds is 3. The molecule has 0 saturated carbocycles. The first-order valence-electron chi connectivity index (χ1n) is 6.98. The van der Waals surface area contributed by atoms with Gasteiger partial charge in [-0.2, -0.15) is 0 Å². The average Bonchev–Trinajstić information content (AvgIpc) is 3.07. The minimum Gasteiger partial charge on any atom is -0.450 e. The maximum Gasteiger partial charge on any atom is 0.217 e. The molecule has 2 heterocycles. The summed E-state index contributed by atoms with van der Waals surface area (Å²) in [6.45, 7) is 5.66. The van der Waals surface area contributed by atoms with E-state index in [1.165, 1.54) is 6.07 Å². The SMILES string of the molecule is CC(C)(C(=O)c1cc2cccc(F)c2o1)N1CCCC1. The summed E-state index contributed by atoms with van der Waals surface area (Å²) in [5, 5.41) is 0.630. The van der Waals surface area contributed by atoms with Crippen LogP contribution in [-0.4, -0.2) is 29.3 Å². The summed E-state index contributed by atoms with van der Waals surface area (Å²) in [7, 11) is 0. The number of likely N-dealkylation sites (tertiary alicyclic amines) is 1. The zero-order chi connectivity index (χ0) is 14.3. The first-order chi connectivity index (χ1) is 9.50. The Morgan fingerprint density at radius 1 is 1.30 bits per heavy atom. The van der Waals surface area contributed by atoms with Crippen molar-refractivity contribution in [2.75, 3.05) is 13.1 Å². The van der Waals surface area contributed by atoms with Crippen LogP contribution in [0.1, 0.15) is 37.2 Å². The number of halogens is 1. The lowest BCUT2D eigenvalue weighted by Gasteiger charge is -2.32. The minimum atomic E-state index is -0.610. The smallest absolute Gasteiger partial charge is 0.217 e. The molecule has 0 unspecified atom stereocenters. The van der Waals surface area contributed by atoms with E-state index in [1.807, 2.05) is 13.8 Å². The number of benzene rings is 1. The average molecular weight is 275 g/mol. The van der Waals surface area contributed by atoms with E-state index in [1.54, 1.807) is 18.2 Å². The number of hydrogen-bond acceptors (Lipinski definition) is 3. The molecular weight excluding hydrogens is 257 g/mol. The Kier molecular flexibility index (Phi) is 3.13. The largest absolute Gasteiger partial charge is 0.450 e. The van der Waals surface area contributed by atoms with Crippen molar-refractivity contribution in [2.45, 2.75) is 32.2 Å². The summed E-state index contributed by atoms with van der Waals surface area (Å²) in [4.78, 5) is 14.8. The normalized spacial score (nSPS) is 16.9. The summed E-state index contributed by atoms with van der Waals surface area (Å²) in [6, 6.07) is 6.35. The van der Waals surface area contributed by atoms with E-state index in [4.69, 9.17) is 4.42 Å². The topological polar surface area (TPSA) is 33.5 Å². The fourth-order valence-electron chi connectivity index (χ4n) is 2.86. The third-order valence-corrected chi connectivity index (χ3v) is 4.17. The second-order valence-corrected chi connectivity index (χ2v) is 5.85. The Morgan fingerprint density at radius 2 is 2.00 bits per heavy atom. The molecule has 0 bridgehead atoms. The number of para-hydroxylation sites is 1. The van der Waals surface area contributed by atoms with Gasteiger partial charge in [-0.3, -0.25) is 9.69 Å². The Hall–Kier alpha value is -1.68. The van der Waals surface area contributed by atoms with E-state index in [0.717, 1.165) is 25.9 Å². The van der Waals surface area contributed by atoms with Gasteiger partial charge < -0.3 is 4.42 Å². The number of fused-ring (bicyclic) bond motifs is 1. The van der Waals surface area contributed by atoms with Gasteiger partial charge in [0.2, 0.25) is 5.78 Å². The van der Waals surface area contributed by atoms with Crippen LogP contribution in [0.3, 0.4) is 0 Å². The highest BCUT2D eigenvalue weighted by atomic mass is 19.1. The van der Waals surface area contributed by atoms with Crippen LogP contribution in [0.5, 0.6) is 0 Å². The molecule has 3 nitrogen and oxygen atoms in total. The maximum atomic E-state index is 13.6. The Morgan fingerprint density at radius 3 is 2.65 bits per heavy atom. The zero-order valence-corrected chi connectivity index (χ0v) is 11.8. The van der Waals surface area contributed by atoms with Crippen LogP contribution in [0.4, 0.5) is 4.39 Å². The van der Waals surface area contributed by atoms with Gasteiger partial charge in [-0.15, -0.1) is 0 Å². The van der Waals surface area contributed by atoms with Crippen LogP contribution in [0.2, 0.25) is 0 Å². The van der Waals surface area contributed by atoms with Crippen molar-refractivity contribution in [2.24, 2.45) is 0 Å². The molecule has 2 aromatic rings. The van der Waals surface area contributed by atoms with Crippen LogP contribution >= 0.6 is 0 Å². The van der Waals surface area contributed by atoms with Crippen molar-refractivity contribution in [3.63, 3.8) is 0 Å². The highest BCUT2D eigenvalue weighted by Crippen LogP contribution is 2.29. The van der Waals surface area contributed by atoms with E-state index < -0.39 is 11.4 Å².